The Morgan fingerprint density at radius 3 is 2.35 bits per heavy atom. The van der Waals surface area contributed by atoms with Crippen molar-refractivity contribution in [3.8, 4) is 0 Å². The monoisotopic (exact) mass is 341 g/mol. The van der Waals surface area contributed by atoms with Crippen LogP contribution in [0.2, 0.25) is 0 Å². The molecule has 1 atom stereocenters. The maximum atomic E-state index is 13.0. The third-order valence-corrected chi connectivity index (χ3v) is 4.37. The lowest BCUT2D eigenvalue weighted by molar-refractivity contribution is -0.137. The second-order valence-corrected chi connectivity index (χ2v) is 6.01. The molecule has 0 saturated heterocycles. The van der Waals surface area contributed by atoms with Crippen molar-refractivity contribution in [3.63, 3.8) is 0 Å². The van der Waals surface area contributed by atoms with E-state index in [1.807, 2.05) is 0 Å². The summed E-state index contributed by atoms with van der Waals surface area (Å²) in [5.74, 6) is -0.748. The Morgan fingerprint density at radius 1 is 1.17 bits per heavy atom. The molecule has 3 N–H and O–H groups in total. The van der Waals surface area contributed by atoms with Crippen molar-refractivity contribution in [2.45, 2.75) is 22.9 Å². The molecule has 0 radical (unpaired) electrons. The van der Waals surface area contributed by atoms with Crippen LogP contribution in [0.25, 0.3) is 0 Å². The summed E-state index contributed by atoms with van der Waals surface area (Å²) < 4.78 is 38.9. The molecule has 0 aliphatic rings. The molecule has 2 aromatic rings. The summed E-state index contributed by atoms with van der Waals surface area (Å²) in [6.45, 7) is -0.557. The highest BCUT2D eigenvalue weighted by molar-refractivity contribution is 8.00. The first-order chi connectivity index (χ1) is 10.8. The Balaban J connectivity index is 2.44. The van der Waals surface area contributed by atoms with Crippen LogP contribution in [0.1, 0.15) is 21.9 Å². The van der Waals surface area contributed by atoms with Gasteiger partial charge in [-0.1, -0.05) is 24.3 Å². The first-order valence-electron chi connectivity index (χ1n) is 6.64. The zero-order chi connectivity index (χ0) is 17.0. The van der Waals surface area contributed by atoms with Crippen LogP contribution in [0.15, 0.2) is 53.4 Å². The number of nitrogens with two attached hydrogens (primary N) is 1. The smallest absolute Gasteiger partial charge is 0.392 e. The third kappa shape index (κ3) is 4.49. The molecule has 0 spiro atoms. The fourth-order valence-corrected chi connectivity index (χ4v) is 3.02. The van der Waals surface area contributed by atoms with Crippen molar-refractivity contribution >= 4 is 17.7 Å². The van der Waals surface area contributed by atoms with Gasteiger partial charge in [-0.3, -0.25) is 4.79 Å². The Labute approximate surface area is 135 Å². The van der Waals surface area contributed by atoms with E-state index in [2.05, 4.69) is 0 Å². The molecule has 2 aromatic carbocycles. The largest absolute Gasteiger partial charge is 0.416 e. The van der Waals surface area contributed by atoms with Gasteiger partial charge in [0.2, 0.25) is 5.91 Å². The highest BCUT2D eigenvalue weighted by Gasteiger charge is 2.32. The summed E-state index contributed by atoms with van der Waals surface area (Å²) in [5, 5.41) is 8.19. The van der Waals surface area contributed by atoms with E-state index in [1.165, 1.54) is 6.07 Å². The molecule has 7 heteroatoms. The highest BCUT2D eigenvalue weighted by atomic mass is 32.2. The van der Waals surface area contributed by atoms with E-state index in [-0.39, 0.29) is 11.1 Å². The van der Waals surface area contributed by atoms with Crippen LogP contribution in [0.4, 0.5) is 13.2 Å². The van der Waals surface area contributed by atoms with Crippen LogP contribution >= 0.6 is 11.8 Å². The lowest BCUT2D eigenvalue weighted by Gasteiger charge is -2.17. The minimum absolute atomic E-state index is 0.0785. The normalized spacial score (nSPS) is 12.9. The van der Waals surface area contributed by atoms with Crippen molar-refractivity contribution < 1.29 is 23.1 Å². The summed E-state index contributed by atoms with van der Waals surface area (Å²) >= 11 is 1.06. The number of carbonyl (C=O) groups is 1. The van der Waals surface area contributed by atoms with Crippen molar-refractivity contribution in [2.24, 2.45) is 5.73 Å². The molecule has 3 nitrogen and oxygen atoms in total. The van der Waals surface area contributed by atoms with E-state index in [0.717, 1.165) is 23.9 Å². The van der Waals surface area contributed by atoms with Crippen LogP contribution in [0.5, 0.6) is 0 Å². The maximum Gasteiger partial charge on any atom is 0.416 e. The van der Waals surface area contributed by atoms with Crippen LogP contribution in [-0.4, -0.2) is 11.0 Å². The number of aliphatic hydroxyl groups is 1. The fraction of sp³-hybridized carbons (Fsp3) is 0.188. The molecule has 122 valence electrons. The molecule has 2 rings (SSSR count). The Kier molecular flexibility index (Phi) is 5.33. The second-order valence-electron chi connectivity index (χ2n) is 4.83. The SMILES string of the molecule is NC(=O)C(Sc1ccccc1)c1cc(CO)cc(C(F)(F)F)c1. The van der Waals surface area contributed by atoms with Gasteiger partial charge in [-0.25, -0.2) is 0 Å². The first kappa shape index (κ1) is 17.4. The van der Waals surface area contributed by atoms with Crippen molar-refractivity contribution in [1.29, 1.82) is 0 Å². The standard InChI is InChI=1S/C16H14F3NO2S/c17-16(18,19)12-7-10(9-21)6-11(8-12)14(15(20)22)23-13-4-2-1-3-5-13/h1-8,14,21H,9H2,(H2,20,22). The fourth-order valence-electron chi connectivity index (χ4n) is 2.05. The van der Waals surface area contributed by atoms with Crippen molar-refractivity contribution in [2.75, 3.05) is 0 Å². The Hall–Kier alpha value is -1.99. The predicted octanol–water partition coefficient (Wildman–Crippen LogP) is 3.52. The number of aliphatic hydroxyl groups excluding tert-OH is 1. The average molecular weight is 341 g/mol. The second kappa shape index (κ2) is 7.06. The molecule has 0 fully saturated rings. The molecule has 0 aromatic heterocycles. The minimum Gasteiger partial charge on any atom is -0.392 e. The van der Waals surface area contributed by atoms with Crippen molar-refractivity contribution in [3.05, 3.63) is 65.2 Å². The third-order valence-electron chi connectivity index (χ3n) is 3.08. The van der Waals surface area contributed by atoms with Gasteiger partial charge in [0.25, 0.3) is 0 Å². The van der Waals surface area contributed by atoms with Gasteiger partial charge < -0.3 is 10.8 Å². The van der Waals surface area contributed by atoms with Crippen LogP contribution < -0.4 is 5.73 Å². The average Bonchev–Trinajstić information content (AvgIpc) is 2.52. The van der Waals surface area contributed by atoms with E-state index in [4.69, 9.17) is 5.73 Å². The van der Waals surface area contributed by atoms with Crippen LogP contribution in [0.3, 0.4) is 0 Å². The van der Waals surface area contributed by atoms with Gasteiger partial charge >= 0.3 is 6.18 Å². The van der Waals surface area contributed by atoms with Crippen LogP contribution in [0, 0.1) is 0 Å². The quantitative estimate of drug-likeness (QED) is 0.818. The molecule has 23 heavy (non-hydrogen) atoms. The molecule has 1 unspecified atom stereocenters. The van der Waals surface area contributed by atoms with Gasteiger partial charge in [0.05, 0.1) is 12.2 Å². The first-order valence-corrected chi connectivity index (χ1v) is 7.52. The molecular weight excluding hydrogens is 327 g/mol. The molecule has 0 bridgehead atoms. The van der Waals surface area contributed by atoms with E-state index in [0.29, 0.717) is 4.90 Å². The van der Waals surface area contributed by atoms with E-state index < -0.39 is 29.5 Å². The van der Waals surface area contributed by atoms with Gasteiger partial charge in [-0.15, -0.1) is 11.8 Å². The summed E-state index contributed by atoms with van der Waals surface area (Å²) in [4.78, 5) is 12.4. The minimum atomic E-state index is -4.57. The lowest BCUT2D eigenvalue weighted by atomic mass is 10.0. The number of hydrogen-bond acceptors (Lipinski definition) is 3. The summed E-state index contributed by atoms with van der Waals surface area (Å²) in [7, 11) is 0. The Morgan fingerprint density at radius 2 is 1.83 bits per heavy atom. The number of halogens is 3. The van der Waals surface area contributed by atoms with Gasteiger partial charge in [0.15, 0.2) is 0 Å². The zero-order valence-electron chi connectivity index (χ0n) is 11.9. The van der Waals surface area contributed by atoms with E-state index in [9.17, 15) is 23.1 Å². The number of alkyl halides is 3. The summed E-state index contributed by atoms with van der Waals surface area (Å²) in [5.41, 5.74) is 4.64. The number of carbonyl (C=O) groups excluding carboxylic acids is 1. The van der Waals surface area contributed by atoms with Gasteiger partial charge in [0, 0.05) is 4.90 Å². The highest BCUT2D eigenvalue weighted by Crippen LogP contribution is 2.38. The van der Waals surface area contributed by atoms with Gasteiger partial charge in [-0.05, 0) is 35.4 Å². The summed E-state index contributed by atoms with van der Waals surface area (Å²) in [6, 6.07) is 11.9. The molecule has 1 amide bonds. The number of benzene rings is 2. The molecular formula is C16H14F3NO2S. The topological polar surface area (TPSA) is 63.3 Å². The predicted molar refractivity (Wildman–Crippen MR) is 81.6 cm³/mol. The maximum absolute atomic E-state index is 13.0. The van der Waals surface area contributed by atoms with E-state index in [1.54, 1.807) is 30.3 Å². The number of rotatable bonds is 5. The number of amides is 1. The molecule has 0 saturated carbocycles. The molecule has 0 aliphatic heterocycles. The zero-order valence-corrected chi connectivity index (χ0v) is 12.7. The Bertz CT molecular complexity index is 689. The molecule has 0 heterocycles. The van der Waals surface area contributed by atoms with Crippen LogP contribution in [-0.2, 0) is 17.6 Å². The van der Waals surface area contributed by atoms with Gasteiger partial charge in [-0.2, -0.15) is 13.2 Å². The summed E-state index contributed by atoms with van der Waals surface area (Å²) in [6.07, 6.45) is -4.57. The number of primary amides is 1. The van der Waals surface area contributed by atoms with E-state index >= 15 is 0 Å². The number of hydrogen-bond donors (Lipinski definition) is 2. The molecule has 0 aliphatic carbocycles. The van der Waals surface area contributed by atoms with Gasteiger partial charge in [0.1, 0.15) is 5.25 Å². The lowest BCUT2D eigenvalue weighted by Crippen LogP contribution is -2.20. The number of thioether (sulfide) groups is 1. The van der Waals surface area contributed by atoms with Crippen molar-refractivity contribution in [1.82, 2.24) is 0 Å².